The molecule has 0 bridgehead atoms. The van der Waals surface area contributed by atoms with Crippen molar-refractivity contribution in [2.45, 2.75) is 0 Å². The average molecular weight is 312 g/mol. The number of nitrogens with zero attached hydrogens (tertiary/aromatic N) is 2. The molecular weight excluding hydrogens is 296 g/mol. The number of rotatable bonds is 3. The van der Waals surface area contributed by atoms with E-state index in [0.717, 1.165) is 16.9 Å². The van der Waals surface area contributed by atoms with Gasteiger partial charge in [0.1, 0.15) is 0 Å². The third kappa shape index (κ3) is 2.57. The van der Waals surface area contributed by atoms with Gasteiger partial charge in [-0.1, -0.05) is 60.7 Å². The van der Waals surface area contributed by atoms with E-state index in [2.05, 4.69) is 12.1 Å². The summed E-state index contributed by atoms with van der Waals surface area (Å²) >= 11 is 0. The van der Waals surface area contributed by atoms with Gasteiger partial charge in [-0.25, -0.2) is 4.79 Å². The maximum Gasteiger partial charge on any atom is 0.337 e. The Bertz CT molecular complexity index is 997. The van der Waals surface area contributed by atoms with E-state index in [1.54, 1.807) is 21.5 Å². The first-order chi connectivity index (χ1) is 11.8. The zero-order chi connectivity index (χ0) is 16.4. The molecule has 4 aromatic rings. The topological polar surface area (TPSA) is 26.9 Å². The van der Waals surface area contributed by atoms with Crippen LogP contribution in [0.3, 0.4) is 0 Å². The lowest BCUT2D eigenvalue weighted by Gasteiger charge is -2.05. The van der Waals surface area contributed by atoms with Crippen molar-refractivity contribution in [3.63, 3.8) is 0 Å². The maximum atomic E-state index is 12.7. The molecule has 3 nitrogen and oxygen atoms in total. The van der Waals surface area contributed by atoms with E-state index in [0.29, 0.717) is 0 Å². The van der Waals surface area contributed by atoms with Crippen LogP contribution in [0.4, 0.5) is 0 Å². The normalized spacial score (nSPS) is 10.7. The van der Waals surface area contributed by atoms with Gasteiger partial charge in [0.2, 0.25) is 0 Å². The predicted octanol–water partition coefficient (Wildman–Crippen LogP) is 4.30. The van der Waals surface area contributed by atoms with Crippen LogP contribution >= 0.6 is 0 Å². The molecule has 0 saturated heterocycles. The van der Waals surface area contributed by atoms with Gasteiger partial charge in [0.25, 0.3) is 0 Å². The Hall–Kier alpha value is -3.33. The molecule has 1 aromatic heterocycles. The zero-order valence-electron chi connectivity index (χ0n) is 13.0. The average Bonchev–Trinajstić information content (AvgIpc) is 3.05. The SMILES string of the molecule is O=c1n(-c2ccccc2)ccn1-c1ccc(-c2ccccc2)cc1. The molecule has 4 rings (SSSR count). The number of hydrogen-bond acceptors (Lipinski definition) is 1. The van der Waals surface area contributed by atoms with Crippen molar-refractivity contribution >= 4 is 0 Å². The van der Waals surface area contributed by atoms with Crippen LogP contribution < -0.4 is 5.69 Å². The standard InChI is InChI=1S/C21H16N2O/c24-21-22(19-9-5-2-6-10-19)15-16-23(21)20-13-11-18(12-14-20)17-7-3-1-4-8-17/h1-16H. The van der Waals surface area contributed by atoms with Gasteiger partial charge in [0.05, 0.1) is 11.4 Å². The monoisotopic (exact) mass is 312 g/mol. The lowest BCUT2D eigenvalue weighted by atomic mass is 10.1. The molecule has 116 valence electrons. The maximum absolute atomic E-state index is 12.7. The van der Waals surface area contributed by atoms with E-state index in [9.17, 15) is 4.79 Å². The summed E-state index contributed by atoms with van der Waals surface area (Å²) in [7, 11) is 0. The number of imidazole rings is 1. The van der Waals surface area contributed by atoms with Crippen molar-refractivity contribution < 1.29 is 0 Å². The summed E-state index contributed by atoms with van der Waals surface area (Å²) in [6.45, 7) is 0. The van der Waals surface area contributed by atoms with Crippen LogP contribution in [-0.2, 0) is 0 Å². The Balaban J connectivity index is 1.70. The van der Waals surface area contributed by atoms with E-state index in [1.165, 1.54) is 5.56 Å². The van der Waals surface area contributed by atoms with Crippen molar-refractivity contribution in [3.8, 4) is 22.5 Å². The first kappa shape index (κ1) is 14.3. The molecule has 0 unspecified atom stereocenters. The minimum Gasteiger partial charge on any atom is -0.268 e. The third-order valence-corrected chi connectivity index (χ3v) is 4.06. The van der Waals surface area contributed by atoms with Crippen molar-refractivity contribution in [3.05, 3.63) is 108 Å². The summed E-state index contributed by atoms with van der Waals surface area (Å²) in [4.78, 5) is 12.7. The molecule has 0 spiro atoms. The Morgan fingerprint density at radius 1 is 0.500 bits per heavy atom. The number of benzene rings is 3. The van der Waals surface area contributed by atoms with Crippen LogP contribution in [0.5, 0.6) is 0 Å². The summed E-state index contributed by atoms with van der Waals surface area (Å²) in [6.07, 6.45) is 3.59. The smallest absolute Gasteiger partial charge is 0.268 e. The quantitative estimate of drug-likeness (QED) is 0.554. The molecule has 0 radical (unpaired) electrons. The molecule has 0 aliphatic rings. The van der Waals surface area contributed by atoms with E-state index >= 15 is 0 Å². The largest absolute Gasteiger partial charge is 0.337 e. The minimum atomic E-state index is -0.0753. The van der Waals surface area contributed by atoms with Crippen LogP contribution in [0.1, 0.15) is 0 Å². The van der Waals surface area contributed by atoms with E-state index in [1.807, 2.05) is 72.8 Å². The second-order valence-corrected chi connectivity index (χ2v) is 5.57. The van der Waals surface area contributed by atoms with Gasteiger partial charge in [-0.3, -0.25) is 9.13 Å². The van der Waals surface area contributed by atoms with Gasteiger partial charge in [0.15, 0.2) is 0 Å². The van der Waals surface area contributed by atoms with E-state index in [-0.39, 0.29) is 5.69 Å². The molecule has 3 heteroatoms. The Labute approximate surface area is 140 Å². The second kappa shape index (κ2) is 6.05. The fraction of sp³-hybridized carbons (Fsp3) is 0. The molecule has 0 saturated carbocycles. The third-order valence-electron chi connectivity index (χ3n) is 4.06. The Morgan fingerprint density at radius 3 is 1.54 bits per heavy atom. The van der Waals surface area contributed by atoms with Crippen molar-refractivity contribution in [2.75, 3.05) is 0 Å². The Morgan fingerprint density at radius 2 is 0.958 bits per heavy atom. The summed E-state index contributed by atoms with van der Waals surface area (Å²) < 4.78 is 3.30. The molecule has 0 fully saturated rings. The fourth-order valence-corrected chi connectivity index (χ4v) is 2.80. The fourth-order valence-electron chi connectivity index (χ4n) is 2.80. The van der Waals surface area contributed by atoms with Crippen LogP contribution in [0, 0.1) is 0 Å². The summed E-state index contributed by atoms with van der Waals surface area (Å²) in [5, 5.41) is 0. The number of para-hydroxylation sites is 1. The molecule has 0 aliphatic carbocycles. The van der Waals surface area contributed by atoms with Gasteiger partial charge in [-0.05, 0) is 35.4 Å². The van der Waals surface area contributed by atoms with Gasteiger partial charge in [-0.2, -0.15) is 0 Å². The van der Waals surface area contributed by atoms with Crippen LogP contribution in [-0.4, -0.2) is 9.13 Å². The van der Waals surface area contributed by atoms with E-state index in [4.69, 9.17) is 0 Å². The highest BCUT2D eigenvalue weighted by molar-refractivity contribution is 5.64. The molecule has 1 heterocycles. The summed E-state index contributed by atoms with van der Waals surface area (Å²) in [5.41, 5.74) is 3.94. The van der Waals surface area contributed by atoms with Crippen LogP contribution in [0.25, 0.3) is 22.5 Å². The Kier molecular flexibility index (Phi) is 3.60. The molecule has 24 heavy (non-hydrogen) atoms. The molecule has 0 amide bonds. The number of aromatic nitrogens is 2. The zero-order valence-corrected chi connectivity index (χ0v) is 13.0. The molecule has 0 atom stereocenters. The van der Waals surface area contributed by atoms with Gasteiger partial charge in [0, 0.05) is 12.4 Å². The lowest BCUT2D eigenvalue weighted by Crippen LogP contribution is -2.21. The molecular formula is C21H16N2O. The highest BCUT2D eigenvalue weighted by atomic mass is 16.1. The van der Waals surface area contributed by atoms with Gasteiger partial charge in [-0.15, -0.1) is 0 Å². The summed E-state index contributed by atoms with van der Waals surface area (Å²) in [6, 6.07) is 27.8. The molecule has 0 aliphatic heterocycles. The van der Waals surface area contributed by atoms with Crippen LogP contribution in [0.2, 0.25) is 0 Å². The first-order valence-electron chi connectivity index (χ1n) is 7.84. The van der Waals surface area contributed by atoms with Crippen molar-refractivity contribution in [1.29, 1.82) is 0 Å². The first-order valence-corrected chi connectivity index (χ1v) is 7.84. The van der Waals surface area contributed by atoms with Crippen molar-refractivity contribution in [1.82, 2.24) is 9.13 Å². The van der Waals surface area contributed by atoms with Crippen LogP contribution in [0.15, 0.2) is 102 Å². The molecule has 3 aromatic carbocycles. The van der Waals surface area contributed by atoms with Crippen molar-refractivity contribution in [2.24, 2.45) is 0 Å². The lowest BCUT2D eigenvalue weighted by molar-refractivity contribution is 0.909. The summed E-state index contributed by atoms with van der Waals surface area (Å²) in [5.74, 6) is 0. The predicted molar refractivity (Wildman–Crippen MR) is 96.8 cm³/mol. The minimum absolute atomic E-state index is 0.0753. The van der Waals surface area contributed by atoms with E-state index < -0.39 is 0 Å². The molecule has 0 N–H and O–H groups in total. The highest BCUT2D eigenvalue weighted by Gasteiger charge is 2.07. The van der Waals surface area contributed by atoms with Gasteiger partial charge < -0.3 is 0 Å². The van der Waals surface area contributed by atoms with Gasteiger partial charge >= 0.3 is 5.69 Å². The highest BCUT2D eigenvalue weighted by Crippen LogP contribution is 2.20. The number of hydrogen-bond donors (Lipinski definition) is 0. The second-order valence-electron chi connectivity index (χ2n) is 5.57.